The number of unbranched alkanes of at least 4 members (excludes halogenated alkanes) is 1. The highest BCUT2D eigenvalue weighted by atomic mass is 16.3. The molecular weight excluding hydrogens is 198 g/mol. The zero-order valence-electron chi connectivity index (χ0n) is 9.39. The summed E-state index contributed by atoms with van der Waals surface area (Å²) in [5.74, 6) is 0. The molecule has 2 heteroatoms. The van der Waals surface area contributed by atoms with Crippen molar-refractivity contribution < 1.29 is 4.42 Å². The van der Waals surface area contributed by atoms with Crippen LogP contribution in [0.2, 0.25) is 0 Å². The Kier molecular flexibility index (Phi) is 3.54. The van der Waals surface area contributed by atoms with Crippen LogP contribution < -0.4 is 0 Å². The minimum Gasteiger partial charge on any atom is -0.472 e. The van der Waals surface area contributed by atoms with Crippen molar-refractivity contribution in [3.8, 4) is 11.3 Å². The average molecular weight is 213 g/mol. The number of rotatable bonds is 4. The third-order valence-corrected chi connectivity index (χ3v) is 2.37. The highest BCUT2D eigenvalue weighted by molar-refractivity contribution is 5.59. The minimum atomic E-state index is 0.946. The Morgan fingerprint density at radius 3 is 2.88 bits per heavy atom. The first-order chi connectivity index (χ1) is 7.90. The van der Waals surface area contributed by atoms with Crippen molar-refractivity contribution in [1.82, 2.24) is 4.98 Å². The van der Waals surface area contributed by atoms with E-state index >= 15 is 0 Å². The molecule has 0 amide bonds. The standard InChI is InChI=1S/C14H15NO/c1-2-3-4-5-12-6-7-14(15-10-12)13-8-9-16-11-13/h4-11H,2-3H2,1H3. The molecule has 2 aromatic heterocycles. The van der Waals surface area contributed by atoms with Crippen molar-refractivity contribution in [3.05, 3.63) is 48.6 Å². The Labute approximate surface area is 95.6 Å². The van der Waals surface area contributed by atoms with Gasteiger partial charge < -0.3 is 4.42 Å². The fraction of sp³-hybridized carbons (Fsp3) is 0.214. The maximum atomic E-state index is 5.02. The van der Waals surface area contributed by atoms with Gasteiger partial charge in [0.1, 0.15) is 0 Å². The molecule has 2 rings (SSSR count). The molecule has 0 aliphatic rings. The molecule has 0 aromatic carbocycles. The van der Waals surface area contributed by atoms with Crippen LogP contribution in [0.15, 0.2) is 47.4 Å². The number of hydrogen-bond acceptors (Lipinski definition) is 2. The van der Waals surface area contributed by atoms with Crippen molar-refractivity contribution >= 4 is 6.08 Å². The number of aromatic nitrogens is 1. The first kappa shape index (κ1) is 10.7. The van der Waals surface area contributed by atoms with E-state index in [1.807, 2.05) is 18.3 Å². The van der Waals surface area contributed by atoms with Gasteiger partial charge in [-0.1, -0.05) is 31.6 Å². The van der Waals surface area contributed by atoms with Gasteiger partial charge in [-0.25, -0.2) is 0 Å². The highest BCUT2D eigenvalue weighted by Gasteiger charge is 1.99. The quantitative estimate of drug-likeness (QED) is 0.762. The Hall–Kier alpha value is -1.83. The lowest BCUT2D eigenvalue weighted by Gasteiger charge is -1.97. The maximum Gasteiger partial charge on any atom is 0.0996 e. The van der Waals surface area contributed by atoms with Gasteiger partial charge in [-0.15, -0.1) is 0 Å². The van der Waals surface area contributed by atoms with Crippen LogP contribution in [0.5, 0.6) is 0 Å². The van der Waals surface area contributed by atoms with Crippen molar-refractivity contribution in [2.24, 2.45) is 0 Å². The van der Waals surface area contributed by atoms with Gasteiger partial charge in [0.25, 0.3) is 0 Å². The first-order valence-corrected chi connectivity index (χ1v) is 5.55. The van der Waals surface area contributed by atoms with Crippen LogP contribution in [0, 0.1) is 0 Å². The van der Waals surface area contributed by atoms with Gasteiger partial charge >= 0.3 is 0 Å². The SMILES string of the molecule is CCCC=Cc1ccc(-c2ccoc2)nc1. The molecule has 0 N–H and O–H groups in total. The summed E-state index contributed by atoms with van der Waals surface area (Å²) >= 11 is 0. The zero-order valence-corrected chi connectivity index (χ0v) is 9.39. The van der Waals surface area contributed by atoms with Crippen LogP contribution in [0.3, 0.4) is 0 Å². The molecule has 0 aliphatic heterocycles. The van der Waals surface area contributed by atoms with E-state index in [4.69, 9.17) is 4.42 Å². The van der Waals surface area contributed by atoms with Gasteiger partial charge in [0.15, 0.2) is 0 Å². The van der Waals surface area contributed by atoms with E-state index in [0.717, 1.165) is 23.2 Å². The van der Waals surface area contributed by atoms with Gasteiger partial charge in [0.05, 0.1) is 18.2 Å². The van der Waals surface area contributed by atoms with Gasteiger partial charge in [0, 0.05) is 11.8 Å². The Bertz CT molecular complexity index is 440. The first-order valence-electron chi connectivity index (χ1n) is 5.55. The molecule has 0 saturated carbocycles. The van der Waals surface area contributed by atoms with E-state index < -0.39 is 0 Å². The lowest BCUT2D eigenvalue weighted by Crippen LogP contribution is -1.81. The molecule has 0 radical (unpaired) electrons. The fourth-order valence-electron chi connectivity index (χ4n) is 1.47. The summed E-state index contributed by atoms with van der Waals surface area (Å²) in [6, 6.07) is 5.99. The molecular formula is C14H15NO. The number of pyridine rings is 1. The summed E-state index contributed by atoms with van der Waals surface area (Å²) in [6.07, 6.45) is 11.8. The highest BCUT2D eigenvalue weighted by Crippen LogP contribution is 2.17. The maximum absolute atomic E-state index is 5.02. The van der Waals surface area contributed by atoms with E-state index in [1.54, 1.807) is 12.5 Å². The second-order valence-electron chi connectivity index (χ2n) is 3.68. The second kappa shape index (κ2) is 5.31. The fourth-order valence-corrected chi connectivity index (χ4v) is 1.47. The average Bonchev–Trinajstić information content (AvgIpc) is 2.84. The van der Waals surface area contributed by atoms with E-state index in [0.29, 0.717) is 0 Å². The number of nitrogens with zero attached hydrogens (tertiary/aromatic N) is 1. The Balaban J connectivity index is 2.11. The van der Waals surface area contributed by atoms with E-state index in [9.17, 15) is 0 Å². The topological polar surface area (TPSA) is 26.0 Å². The van der Waals surface area contributed by atoms with Crippen LogP contribution in [0.1, 0.15) is 25.3 Å². The predicted molar refractivity (Wildman–Crippen MR) is 65.9 cm³/mol. The Morgan fingerprint density at radius 1 is 1.31 bits per heavy atom. The van der Waals surface area contributed by atoms with E-state index in [1.165, 1.54) is 6.42 Å². The molecule has 0 fully saturated rings. The number of allylic oxidation sites excluding steroid dienone is 1. The predicted octanol–water partition coefficient (Wildman–Crippen LogP) is 4.15. The van der Waals surface area contributed by atoms with Gasteiger partial charge in [-0.2, -0.15) is 0 Å². The van der Waals surface area contributed by atoms with Crippen molar-refractivity contribution in [3.63, 3.8) is 0 Å². The summed E-state index contributed by atoms with van der Waals surface area (Å²) in [5.41, 5.74) is 3.10. The lowest BCUT2D eigenvalue weighted by atomic mass is 10.2. The van der Waals surface area contributed by atoms with Gasteiger partial charge in [-0.05, 0) is 24.1 Å². The second-order valence-corrected chi connectivity index (χ2v) is 3.68. The third-order valence-electron chi connectivity index (χ3n) is 2.37. The summed E-state index contributed by atoms with van der Waals surface area (Å²) < 4.78 is 5.02. The molecule has 0 atom stereocenters. The van der Waals surface area contributed by atoms with Crippen LogP contribution in [0.4, 0.5) is 0 Å². The van der Waals surface area contributed by atoms with E-state index in [2.05, 4.69) is 30.1 Å². The monoisotopic (exact) mass is 213 g/mol. The van der Waals surface area contributed by atoms with E-state index in [-0.39, 0.29) is 0 Å². The molecule has 82 valence electrons. The van der Waals surface area contributed by atoms with Crippen molar-refractivity contribution in [2.45, 2.75) is 19.8 Å². The minimum absolute atomic E-state index is 0.946. The smallest absolute Gasteiger partial charge is 0.0996 e. The third kappa shape index (κ3) is 2.60. The van der Waals surface area contributed by atoms with Crippen molar-refractivity contribution in [2.75, 3.05) is 0 Å². The Morgan fingerprint density at radius 2 is 2.25 bits per heavy atom. The zero-order chi connectivity index (χ0) is 11.2. The van der Waals surface area contributed by atoms with Gasteiger partial charge in [-0.3, -0.25) is 4.98 Å². The number of furan rings is 1. The summed E-state index contributed by atoms with van der Waals surface area (Å²) in [4.78, 5) is 4.39. The largest absolute Gasteiger partial charge is 0.472 e. The summed E-state index contributed by atoms with van der Waals surface area (Å²) in [5, 5.41) is 0. The molecule has 16 heavy (non-hydrogen) atoms. The molecule has 2 heterocycles. The molecule has 0 aliphatic carbocycles. The lowest BCUT2D eigenvalue weighted by molar-refractivity contribution is 0.568. The van der Waals surface area contributed by atoms with Gasteiger partial charge in [0.2, 0.25) is 0 Å². The number of hydrogen-bond donors (Lipinski definition) is 0. The molecule has 0 bridgehead atoms. The summed E-state index contributed by atoms with van der Waals surface area (Å²) in [7, 11) is 0. The van der Waals surface area contributed by atoms with Crippen LogP contribution in [0.25, 0.3) is 17.3 Å². The molecule has 0 unspecified atom stereocenters. The normalized spacial score (nSPS) is 11.1. The molecule has 2 aromatic rings. The van der Waals surface area contributed by atoms with Crippen molar-refractivity contribution in [1.29, 1.82) is 0 Å². The van der Waals surface area contributed by atoms with Crippen LogP contribution in [-0.4, -0.2) is 4.98 Å². The summed E-state index contributed by atoms with van der Waals surface area (Å²) in [6.45, 7) is 2.17. The van der Waals surface area contributed by atoms with Crippen LogP contribution in [-0.2, 0) is 0 Å². The van der Waals surface area contributed by atoms with Crippen LogP contribution >= 0.6 is 0 Å². The molecule has 0 spiro atoms. The molecule has 0 saturated heterocycles. The molecule has 2 nitrogen and oxygen atoms in total.